The lowest BCUT2D eigenvalue weighted by Crippen LogP contribution is -2.26. The number of hydrogen-bond acceptors (Lipinski definition) is 3. The van der Waals surface area contributed by atoms with E-state index in [1.165, 1.54) is 5.56 Å². The molecule has 0 aliphatic heterocycles. The van der Waals surface area contributed by atoms with Gasteiger partial charge in [-0.1, -0.05) is 29.8 Å². The van der Waals surface area contributed by atoms with Gasteiger partial charge in [-0.3, -0.25) is 13.9 Å². The molecular formula is C25H30ClN3O2. The van der Waals surface area contributed by atoms with Gasteiger partial charge in [0.05, 0.1) is 11.0 Å². The van der Waals surface area contributed by atoms with Crippen LogP contribution in [-0.2, 0) is 26.9 Å². The van der Waals surface area contributed by atoms with Gasteiger partial charge in [0.1, 0.15) is 0 Å². The SMILES string of the molecule is CN(CCCC1CCc2cc3c(cc2C1=O)n(C)c(=O)n3C)CCc1ccccc1Cl. The summed E-state index contributed by atoms with van der Waals surface area (Å²) in [6.07, 6.45) is 4.61. The summed E-state index contributed by atoms with van der Waals surface area (Å²) in [6, 6.07) is 11.9. The first kappa shape index (κ1) is 21.8. The fraction of sp³-hybridized carbons (Fsp3) is 0.440. The van der Waals surface area contributed by atoms with Gasteiger partial charge in [0, 0.05) is 37.1 Å². The predicted molar refractivity (Wildman–Crippen MR) is 126 cm³/mol. The average Bonchev–Trinajstić information content (AvgIpc) is 2.97. The van der Waals surface area contributed by atoms with Crippen molar-refractivity contribution in [2.45, 2.75) is 32.1 Å². The zero-order valence-corrected chi connectivity index (χ0v) is 19.3. The molecule has 1 aliphatic rings. The topological polar surface area (TPSA) is 47.2 Å². The quantitative estimate of drug-likeness (QED) is 0.553. The number of aromatic nitrogens is 2. The number of carbonyl (C=O) groups excluding carboxylic acids is 1. The number of carbonyl (C=O) groups is 1. The number of likely N-dealkylation sites (N-methyl/N-ethyl adjacent to an activating group) is 1. The molecule has 1 atom stereocenters. The van der Waals surface area contributed by atoms with Crippen molar-refractivity contribution in [2.24, 2.45) is 20.0 Å². The van der Waals surface area contributed by atoms with Gasteiger partial charge in [-0.25, -0.2) is 4.79 Å². The summed E-state index contributed by atoms with van der Waals surface area (Å²) < 4.78 is 3.28. The Morgan fingerprint density at radius 1 is 1.06 bits per heavy atom. The molecule has 3 aromatic rings. The van der Waals surface area contributed by atoms with E-state index in [4.69, 9.17) is 11.6 Å². The smallest absolute Gasteiger partial charge is 0.306 e. The molecule has 1 unspecified atom stereocenters. The van der Waals surface area contributed by atoms with Crippen LogP contribution in [0.5, 0.6) is 0 Å². The van der Waals surface area contributed by atoms with Crippen molar-refractivity contribution in [3.63, 3.8) is 0 Å². The highest BCUT2D eigenvalue weighted by molar-refractivity contribution is 6.31. The van der Waals surface area contributed by atoms with Crippen LogP contribution in [0.15, 0.2) is 41.2 Å². The maximum absolute atomic E-state index is 13.2. The van der Waals surface area contributed by atoms with Gasteiger partial charge in [-0.2, -0.15) is 0 Å². The Morgan fingerprint density at radius 2 is 1.77 bits per heavy atom. The number of benzene rings is 2. The summed E-state index contributed by atoms with van der Waals surface area (Å²) >= 11 is 6.25. The fourth-order valence-corrected chi connectivity index (χ4v) is 4.94. The monoisotopic (exact) mass is 439 g/mol. The van der Waals surface area contributed by atoms with Crippen molar-refractivity contribution in [3.8, 4) is 0 Å². The maximum atomic E-state index is 13.2. The van der Waals surface area contributed by atoms with E-state index in [1.807, 2.05) is 30.3 Å². The van der Waals surface area contributed by atoms with Gasteiger partial charge in [0.15, 0.2) is 5.78 Å². The Morgan fingerprint density at radius 3 is 2.52 bits per heavy atom. The van der Waals surface area contributed by atoms with Crippen LogP contribution in [0.4, 0.5) is 0 Å². The number of fused-ring (bicyclic) bond motifs is 2. The number of ketones is 1. The summed E-state index contributed by atoms with van der Waals surface area (Å²) in [5.41, 5.74) is 4.74. The summed E-state index contributed by atoms with van der Waals surface area (Å²) in [6.45, 7) is 1.92. The van der Waals surface area contributed by atoms with E-state index < -0.39 is 0 Å². The minimum atomic E-state index is -0.0545. The molecule has 0 N–H and O–H groups in total. The lowest BCUT2D eigenvalue weighted by molar-refractivity contribution is 0.0891. The number of halogens is 1. The Balaban J connectivity index is 1.35. The molecule has 6 heteroatoms. The highest BCUT2D eigenvalue weighted by Crippen LogP contribution is 2.31. The number of imidazole rings is 1. The zero-order chi connectivity index (χ0) is 22.1. The Kier molecular flexibility index (Phi) is 6.35. The molecule has 0 spiro atoms. The van der Waals surface area contributed by atoms with Gasteiger partial charge in [0.25, 0.3) is 0 Å². The standard InChI is InChI=1S/C25H30ClN3O2/c1-27(14-12-17-7-4-5-9-21(17)26)13-6-8-18-10-11-19-15-22-23(16-20(19)24(18)30)29(3)25(31)28(22)2/h4-5,7,9,15-16,18H,6,8,10-14H2,1-3H3. The molecule has 0 amide bonds. The highest BCUT2D eigenvalue weighted by Gasteiger charge is 2.28. The Bertz CT molecular complexity index is 1180. The molecule has 0 saturated carbocycles. The minimum Gasteiger partial charge on any atom is -0.306 e. The van der Waals surface area contributed by atoms with E-state index in [-0.39, 0.29) is 17.4 Å². The molecule has 1 aliphatic carbocycles. The van der Waals surface area contributed by atoms with Gasteiger partial charge < -0.3 is 4.90 Å². The second-order valence-corrected chi connectivity index (χ2v) is 9.19. The first-order chi connectivity index (χ1) is 14.9. The third kappa shape index (κ3) is 4.35. The normalized spacial score (nSPS) is 16.3. The number of hydrogen-bond donors (Lipinski definition) is 0. The first-order valence-electron chi connectivity index (χ1n) is 11.0. The summed E-state index contributed by atoms with van der Waals surface area (Å²) in [5, 5.41) is 0.826. The Labute approximate surface area is 188 Å². The predicted octanol–water partition coefficient (Wildman–Crippen LogP) is 4.23. The zero-order valence-electron chi connectivity index (χ0n) is 18.5. The summed E-state index contributed by atoms with van der Waals surface area (Å²) in [4.78, 5) is 27.7. The van der Waals surface area contributed by atoms with E-state index in [9.17, 15) is 9.59 Å². The van der Waals surface area contributed by atoms with Gasteiger partial charge >= 0.3 is 5.69 Å². The fourth-order valence-electron chi connectivity index (χ4n) is 4.71. The van der Waals surface area contributed by atoms with E-state index in [0.29, 0.717) is 0 Å². The van der Waals surface area contributed by atoms with Gasteiger partial charge in [0.2, 0.25) is 0 Å². The van der Waals surface area contributed by atoms with Crippen LogP contribution in [0.2, 0.25) is 5.02 Å². The molecule has 0 radical (unpaired) electrons. The van der Waals surface area contributed by atoms with Crippen LogP contribution < -0.4 is 5.69 Å². The van der Waals surface area contributed by atoms with Crippen molar-refractivity contribution in [3.05, 3.63) is 68.6 Å². The molecule has 164 valence electrons. The highest BCUT2D eigenvalue weighted by atomic mass is 35.5. The largest absolute Gasteiger partial charge is 0.328 e. The molecule has 0 fully saturated rings. The van der Waals surface area contributed by atoms with E-state index >= 15 is 0 Å². The van der Waals surface area contributed by atoms with E-state index in [1.54, 1.807) is 23.2 Å². The number of nitrogens with zero attached hydrogens (tertiary/aromatic N) is 3. The molecule has 5 nitrogen and oxygen atoms in total. The van der Waals surface area contributed by atoms with Gasteiger partial charge in [-0.05, 0) is 75.0 Å². The minimum absolute atomic E-state index is 0.0545. The summed E-state index contributed by atoms with van der Waals surface area (Å²) in [5.74, 6) is 0.306. The second-order valence-electron chi connectivity index (χ2n) is 8.79. The molecular weight excluding hydrogens is 410 g/mol. The van der Waals surface area contributed by atoms with Crippen molar-refractivity contribution >= 4 is 28.4 Å². The van der Waals surface area contributed by atoms with Gasteiger partial charge in [-0.15, -0.1) is 0 Å². The molecule has 1 heterocycles. The van der Waals surface area contributed by atoms with Crippen LogP contribution in [0.25, 0.3) is 11.0 Å². The lowest BCUT2D eigenvalue weighted by atomic mass is 9.80. The number of Topliss-reactive ketones (excluding diaryl/α,β-unsaturated/α-hetero) is 1. The van der Waals surface area contributed by atoms with Crippen LogP contribution in [0.3, 0.4) is 0 Å². The van der Waals surface area contributed by atoms with E-state index in [0.717, 1.165) is 72.4 Å². The Hall–Kier alpha value is -2.37. The van der Waals surface area contributed by atoms with Crippen LogP contribution in [0, 0.1) is 5.92 Å². The maximum Gasteiger partial charge on any atom is 0.328 e. The van der Waals surface area contributed by atoms with Crippen molar-refractivity contribution in [1.82, 2.24) is 14.0 Å². The van der Waals surface area contributed by atoms with Crippen molar-refractivity contribution in [1.29, 1.82) is 0 Å². The average molecular weight is 440 g/mol. The third-order valence-electron chi connectivity index (χ3n) is 6.71. The van der Waals surface area contributed by atoms with Crippen molar-refractivity contribution < 1.29 is 4.79 Å². The van der Waals surface area contributed by atoms with Crippen LogP contribution in [0.1, 0.15) is 40.7 Å². The molecule has 2 aromatic carbocycles. The first-order valence-corrected chi connectivity index (χ1v) is 11.4. The molecule has 31 heavy (non-hydrogen) atoms. The molecule has 0 saturated heterocycles. The van der Waals surface area contributed by atoms with E-state index in [2.05, 4.69) is 18.0 Å². The number of rotatable bonds is 7. The van der Waals surface area contributed by atoms with Crippen LogP contribution in [-0.4, -0.2) is 40.0 Å². The van der Waals surface area contributed by atoms with Crippen LogP contribution >= 0.6 is 11.6 Å². The molecule has 1 aromatic heterocycles. The number of aryl methyl sites for hydroxylation is 3. The second kappa shape index (κ2) is 9.01. The molecule has 0 bridgehead atoms. The molecule has 4 rings (SSSR count). The van der Waals surface area contributed by atoms with Crippen molar-refractivity contribution in [2.75, 3.05) is 20.1 Å². The lowest BCUT2D eigenvalue weighted by Gasteiger charge is -2.24. The third-order valence-corrected chi connectivity index (χ3v) is 7.08. The summed E-state index contributed by atoms with van der Waals surface area (Å²) in [7, 11) is 5.68.